The Morgan fingerprint density at radius 2 is 2.04 bits per heavy atom. The minimum absolute atomic E-state index is 0.0199. The molecule has 0 unspecified atom stereocenters. The van der Waals surface area contributed by atoms with E-state index in [0.717, 1.165) is 0 Å². The van der Waals surface area contributed by atoms with Crippen molar-refractivity contribution in [1.82, 2.24) is 20.0 Å². The third-order valence-corrected chi connectivity index (χ3v) is 3.53. The Bertz CT molecular complexity index is 929. The molecule has 0 spiro atoms. The summed E-state index contributed by atoms with van der Waals surface area (Å²) in [6.07, 6.45) is 1.52. The van der Waals surface area contributed by atoms with Gasteiger partial charge in [0, 0.05) is 18.3 Å². The third kappa shape index (κ3) is 3.39. The molecule has 2 heterocycles. The van der Waals surface area contributed by atoms with Crippen molar-refractivity contribution in [3.63, 3.8) is 0 Å². The zero-order valence-electron chi connectivity index (χ0n) is 13.3. The maximum Gasteiger partial charge on any atom is 0.273 e. The molecule has 2 amide bonds. The van der Waals surface area contributed by atoms with Gasteiger partial charge in [-0.1, -0.05) is 0 Å². The Morgan fingerprint density at radius 3 is 2.68 bits per heavy atom. The molecule has 0 radical (unpaired) electrons. The highest BCUT2D eigenvalue weighted by atomic mass is 19.1. The van der Waals surface area contributed by atoms with Gasteiger partial charge in [-0.05, 0) is 37.3 Å². The number of amides is 2. The van der Waals surface area contributed by atoms with Gasteiger partial charge in [0.25, 0.3) is 11.8 Å². The lowest BCUT2D eigenvalue weighted by molar-refractivity contribution is 0.0995. The first-order chi connectivity index (χ1) is 12.0. The molecule has 0 aliphatic rings. The number of aromatic amines is 1. The molecule has 0 fully saturated rings. The van der Waals surface area contributed by atoms with Crippen molar-refractivity contribution in [2.75, 3.05) is 5.32 Å². The zero-order valence-corrected chi connectivity index (χ0v) is 13.3. The Morgan fingerprint density at radius 1 is 1.32 bits per heavy atom. The molecule has 0 saturated heterocycles. The second kappa shape index (κ2) is 6.56. The molecule has 9 heteroatoms. The smallest absolute Gasteiger partial charge is 0.273 e. The van der Waals surface area contributed by atoms with Crippen molar-refractivity contribution in [2.24, 2.45) is 5.73 Å². The van der Waals surface area contributed by atoms with E-state index in [1.807, 2.05) is 6.92 Å². The van der Waals surface area contributed by atoms with Crippen LogP contribution in [0.25, 0.3) is 11.3 Å². The number of rotatable bonds is 5. The standard InChI is InChI=1S/C16H15FN6O2/c1-2-23-8-13(14(22-23)15(18)24)19-16(25)12-7-11(20-21-12)9-3-5-10(17)6-4-9/h3-8H,2H2,1H3,(H2,18,24)(H,19,25)(H,20,21). The van der Waals surface area contributed by atoms with Crippen LogP contribution in [-0.2, 0) is 6.54 Å². The van der Waals surface area contributed by atoms with E-state index in [4.69, 9.17) is 5.73 Å². The van der Waals surface area contributed by atoms with E-state index in [-0.39, 0.29) is 22.9 Å². The number of benzene rings is 1. The summed E-state index contributed by atoms with van der Waals surface area (Å²) in [5, 5.41) is 13.2. The molecule has 3 aromatic rings. The molecule has 3 rings (SSSR count). The van der Waals surface area contributed by atoms with Gasteiger partial charge in [0.2, 0.25) is 0 Å². The number of anilines is 1. The van der Waals surface area contributed by atoms with E-state index in [1.54, 1.807) is 12.1 Å². The van der Waals surface area contributed by atoms with Crippen molar-refractivity contribution in [1.29, 1.82) is 0 Å². The molecule has 8 nitrogen and oxygen atoms in total. The number of nitrogens with two attached hydrogens (primary N) is 1. The van der Waals surface area contributed by atoms with Crippen LogP contribution in [0.5, 0.6) is 0 Å². The zero-order chi connectivity index (χ0) is 18.0. The van der Waals surface area contributed by atoms with Gasteiger partial charge in [-0.25, -0.2) is 4.39 Å². The average Bonchev–Trinajstić information content (AvgIpc) is 3.22. The molecule has 0 aliphatic carbocycles. The van der Waals surface area contributed by atoms with Crippen molar-refractivity contribution >= 4 is 17.5 Å². The lowest BCUT2D eigenvalue weighted by Crippen LogP contribution is -2.18. The summed E-state index contributed by atoms with van der Waals surface area (Å²) < 4.78 is 14.5. The number of hydrogen-bond donors (Lipinski definition) is 3. The van der Waals surface area contributed by atoms with Gasteiger partial charge in [0.05, 0.1) is 11.4 Å². The predicted octanol–water partition coefficient (Wildman–Crippen LogP) is 1.78. The first-order valence-corrected chi connectivity index (χ1v) is 7.48. The van der Waals surface area contributed by atoms with Gasteiger partial charge in [0.15, 0.2) is 5.69 Å². The summed E-state index contributed by atoms with van der Waals surface area (Å²) in [6, 6.07) is 7.26. The van der Waals surface area contributed by atoms with Crippen LogP contribution in [0.4, 0.5) is 10.1 Å². The molecule has 0 atom stereocenters. The summed E-state index contributed by atoms with van der Waals surface area (Å²) in [5.41, 5.74) is 6.80. The minimum atomic E-state index is -0.737. The average molecular weight is 342 g/mol. The monoisotopic (exact) mass is 342 g/mol. The fourth-order valence-corrected chi connectivity index (χ4v) is 2.25. The molecule has 25 heavy (non-hydrogen) atoms. The fraction of sp³-hybridized carbons (Fsp3) is 0.125. The van der Waals surface area contributed by atoms with E-state index < -0.39 is 11.8 Å². The van der Waals surface area contributed by atoms with Crippen LogP contribution in [0.1, 0.15) is 27.9 Å². The number of aryl methyl sites for hydroxylation is 1. The highest BCUT2D eigenvalue weighted by Crippen LogP contribution is 2.19. The lowest BCUT2D eigenvalue weighted by atomic mass is 10.1. The number of H-pyrrole nitrogens is 1. The number of nitrogens with zero attached hydrogens (tertiary/aromatic N) is 3. The lowest BCUT2D eigenvalue weighted by Gasteiger charge is -2.01. The molecule has 128 valence electrons. The van der Waals surface area contributed by atoms with E-state index >= 15 is 0 Å². The first kappa shape index (κ1) is 16.4. The van der Waals surface area contributed by atoms with Gasteiger partial charge >= 0.3 is 0 Å². The highest BCUT2D eigenvalue weighted by molar-refractivity contribution is 6.07. The van der Waals surface area contributed by atoms with E-state index in [0.29, 0.717) is 17.8 Å². The van der Waals surface area contributed by atoms with Crippen LogP contribution in [0.2, 0.25) is 0 Å². The SMILES string of the molecule is CCn1cc(NC(=O)c2cc(-c3ccc(F)cc3)n[nH]2)c(C(N)=O)n1. The van der Waals surface area contributed by atoms with Crippen LogP contribution < -0.4 is 11.1 Å². The Labute approximate surface area is 141 Å². The molecule has 0 saturated carbocycles. The predicted molar refractivity (Wildman–Crippen MR) is 88.4 cm³/mol. The summed E-state index contributed by atoms with van der Waals surface area (Å²) in [6.45, 7) is 2.36. The second-order valence-electron chi connectivity index (χ2n) is 5.24. The molecule has 0 bridgehead atoms. The number of carbonyl (C=O) groups is 2. The van der Waals surface area contributed by atoms with Gasteiger partial charge in [-0.2, -0.15) is 10.2 Å². The Kier molecular flexibility index (Phi) is 4.29. The minimum Gasteiger partial charge on any atom is -0.364 e. The fourth-order valence-electron chi connectivity index (χ4n) is 2.25. The number of primary amides is 1. The van der Waals surface area contributed by atoms with Gasteiger partial charge in [-0.15, -0.1) is 0 Å². The van der Waals surface area contributed by atoms with Crippen LogP contribution in [0.15, 0.2) is 36.5 Å². The topological polar surface area (TPSA) is 119 Å². The molecule has 0 aliphatic heterocycles. The number of aromatic nitrogens is 4. The van der Waals surface area contributed by atoms with Crippen molar-refractivity contribution in [3.8, 4) is 11.3 Å². The van der Waals surface area contributed by atoms with Gasteiger partial charge in [0.1, 0.15) is 11.5 Å². The van der Waals surface area contributed by atoms with Crippen LogP contribution >= 0.6 is 0 Å². The van der Waals surface area contributed by atoms with Gasteiger partial charge in [-0.3, -0.25) is 19.4 Å². The number of nitrogens with one attached hydrogen (secondary N) is 2. The normalized spacial score (nSPS) is 10.6. The molecular formula is C16H15FN6O2. The summed E-state index contributed by atoms with van der Waals surface area (Å²) >= 11 is 0. The van der Waals surface area contributed by atoms with E-state index in [9.17, 15) is 14.0 Å². The van der Waals surface area contributed by atoms with Crippen LogP contribution in [0, 0.1) is 5.82 Å². The molecule has 4 N–H and O–H groups in total. The number of halogens is 1. The van der Waals surface area contributed by atoms with Crippen LogP contribution in [-0.4, -0.2) is 31.8 Å². The van der Waals surface area contributed by atoms with Crippen molar-refractivity contribution in [3.05, 3.63) is 53.7 Å². The number of hydrogen-bond acceptors (Lipinski definition) is 4. The van der Waals surface area contributed by atoms with E-state index in [2.05, 4.69) is 20.6 Å². The highest BCUT2D eigenvalue weighted by Gasteiger charge is 2.18. The Balaban J connectivity index is 1.82. The molecular weight excluding hydrogens is 327 g/mol. The van der Waals surface area contributed by atoms with Crippen molar-refractivity contribution < 1.29 is 14.0 Å². The summed E-state index contributed by atoms with van der Waals surface area (Å²) in [7, 11) is 0. The van der Waals surface area contributed by atoms with Gasteiger partial charge < -0.3 is 11.1 Å². The molecule has 2 aromatic heterocycles. The van der Waals surface area contributed by atoms with Crippen LogP contribution in [0.3, 0.4) is 0 Å². The number of carbonyl (C=O) groups excluding carboxylic acids is 2. The molecule has 1 aromatic carbocycles. The third-order valence-electron chi connectivity index (χ3n) is 3.53. The quantitative estimate of drug-likeness (QED) is 0.655. The first-order valence-electron chi connectivity index (χ1n) is 7.48. The second-order valence-corrected chi connectivity index (χ2v) is 5.24. The van der Waals surface area contributed by atoms with E-state index in [1.165, 1.54) is 29.1 Å². The summed E-state index contributed by atoms with van der Waals surface area (Å²) in [4.78, 5) is 23.8. The summed E-state index contributed by atoms with van der Waals surface area (Å²) in [5.74, 6) is -1.60. The maximum atomic E-state index is 13.0. The Hall–Kier alpha value is -3.49. The largest absolute Gasteiger partial charge is 0.364 e. The van der Waals surface area contributed by atoms with Crippen molar-refractivity contribution in [2.45, 2.75) is 13.5 Å². The maximum absolute atomic E-state index is 13.0.